The van der Waals surface area contributed by atoms with Crippen molar-refractivity contribution in [2.24, 2.45) is 17.3 Å². The minimum absolute atomic E-state index is 0.0484. The van der Waals surface area contributed by atoms with Crippen molar-refractivity contribution in [3.8, 4) is 5.75 Å². The summed E-state index contributed by atoms with van der Waals surface area (Å²) in [5.41, 5.74) is 1.90. The molecule has 4 aliphatic rings. The summed E-state index contributed by atoms with van der Waals surface area (Å²) in [4.78, 5) is 71.3. The van der Waals surface area contributed by atoms with Crippen molar-refractivity contribution in [3.05, 3.63) is 58.7 Å². The minimum atomic E-state index is -1.12. The molecule has 0 saturated heterocycles. The van der Waals surface area contributed by atoms with E-state index in [0.717, 1.165) is 74.5 Å². The Morgan fingerprint density at radius 2 is 1.45 bits per heavy atom. The standard InChI is InChI=1S/C48H68N4O10/c1-44(2,3)62-42(58)50(8)23-24-51(25-27-60-28-26-53)43(59)61-35-16-12-33-14-18-39-46(5,37(33)30-35)20-10-22-48(39,7)52(31-54)40(55)47(6)21-9-19-45(4)36-29-34(49-41(56)57)15-11-32(36)13-17-38(45)47/h11-12,15-16,29-31,38-39,49,53H,9-10,13-14,17-28H2,1-8H3,(H,56,57)/t38-,39-,45-,46-,47+,48+/m1/s1. The van der Waals surface area contributed by atoms with Gasteiger partial charge in [0.1, 0.15) is 11.4 Å². The number of amides is 5. The molecule has 0 aliphatic heterocycles. The van der Waals surface area contributed by atoms with Crippen LogP contribution in [0.2, 0.25) is 0 Å². The number of rotatable bonds is 13. The Morgan fingerprint density at radius 1 is 0.823 bits per heavy atom. The number of likely N-dealkylation sites (N-methyl/N-ethyl adjacent to an activating group) is 1. The van der Waals surface area contributed by atoms with E-state index in [0.29, 0.717) is 24.3 Å². The molecule has 62 heavy (non-hydrogen) atoms. The summed E-state index contributed by atoms with van der Waals surface area (Å²) in [6.07, 6.45) is 6.29. The second-order valence-corrected chi connectivity index (χ2v) is 20.0. The van der Waals surface area contributed by atoms with Crippen LogP contribution < -0.4 is 10.1 Å². The van der Waals surface area contributed by atoms with Gasteiger partial charge in [0.15, 0.2) is 0 Å². The van der Waals surface area contributed by atoms with Gasteiger partial charge in [0.25, 0.3) is 0 Å². The van der Waals surface area contributed by atoms with Crippen LogP contribution in [0.15, 0.2) is 36.4 Å². The molecule has 0 bridgehead atoms. The highest BCUT2D eigenvalue weighted by molar-refractivity contribution is 5.92. The van der Waals surface area contributed by atoms with Gasteiger partial charge >= 0.3 is 18.3 Å². The number of anilines is 1. The van der Waals surface area contributed by atoms with Gasteiger partial charge < -0.3 is 34.2 Å². The molecule has 6 atom stereocenters. The number of carbonyl (C=O) groups excluding carboxylic acids is 4. The van der Waals surface area contributed by atoms with E-state index in [2.05, 4.69) is 33.0 Å². The van der Waals surface area contributed by atoms with Crippen molar-refractivity contribution in [2.45, 2.75) is 135 Å². The van der Waals surface area contributed by atoms with Gasteiger partial charge in [0.05, 0.1) is 30.8 Å². The van der Waals surface area contributed by atoms with E-state index in [1.807, 2.05) is 24.3 Å². The predicted molar refractivity (Wildman–Crippen MR) is 234 cm³/mol. The van der Waals surface area contributed by atoms with Gasteiger partial charge in [-0.1, -0.05) is 45.7 Å². The first-order valence-electron chi connectivity index (χ1n) is 22.4. The molecule has 0 radical (unpaired) electrons. The van der Waals surface area contributed by atoms with Gasteiger partial charge in [-0.25, -0.2) is 14.4 Å². The number of benzene rings is 2. The molecule has 0 aromatic heterocycles. The highest BCUT2D eigenvalue weighted by Crippen LogP contribution is 2.60. The number of aliphatic hydroxyl groups is 1. The monoisotopic (exact) mass is 860 g/mol. The molecule has 14 heteroatoms. The van der Waals surface area contributed by atoms with E-state index in [1.165, 1.54) is 15.4 Å². The largest absolute Gasteiger partial charge is 0.465 e. The van der Waals surface area contributed by atoms with Gasteiger partial charge in [0, 0.05) is 32.4 Å². The van der Waals surface area contributed by atoms with E-state index in [4.69, 9.17) is 14.2 Å². The molecule has 0 heterocycles. The van der Waals surface area contributed by atoms with Crippen LogP contribution in [0, 0.1) is 17.3 Å². The number of imide groups is 1. The Labute approximate surface area is 366 Å². The van der Waals surface area contributed by atoms with Crippen LogP contribution in [0.25, 0.3) is 0 Å². The van der Waals surface area contributed by atoms with Gasteiger partial charge in [0.2, 0.25) is 12.3 Å². The number of hydrogen-bond acceptors (Lipinski definition) is 9. The van der Waals surface area contributed by atoms with Crippen LogP contribution in [-0.4, -0.2) is 113 Å². The van der Waals surface area contributed by atoms with E-state index in [9.17, 15) is 29.4 Å². The van der Waals surface area contributed by atoms with Crippen molar-refractivity contribution >= 4 is 36.3 Å². The molecule has 2 aromatic carbocycles. The van der Waals surface area contributed by atoms with Crippen LogP contribution in [0.3, 0.4) is 0 Å². The van der Waals surface area contributed by atoms with E-state index in [-0.39, 0.29) is 62.6 Å². The highest BCUT2D eigenvalue weighted by atomic mass is 16.6. The zero-order valence-corrected chi connectivity index (χ0v) is 38.0. The Hall–Kier alpha value is -4.69. The maximum atomic E-state index is 15.3. The molecule has 2 aromatic rings. The van der Waals surface area contributed by atoms with Crippen molar-refractivity contribution in [1.29, 1.82) is 0 Å². The third kappa shape index (κ3) is 9.18. The lowest BCUT2D eigenvalue weighted by atomic mass is 9.48. The van der Waals surface area contributed by atoms with Crippen LogP contribution in [0.5, 0.6) is 5.75 Å². The number of hydrogen-bond donors (Lipinski definition) is 3. The summed E-state index contributed by atoms with van der Waals surface area (Å²) >= 11 is 0. The number of nitrogens with one attached hydrogen (secondary N) is 1. The number of fused-ring (bicyclic) bond motifs is 6. The summed E-state index contributed by atoms with van der Waals surface area (Å²) in [5, 5.41) is 21.2. The number of carbonyl (C=O) groups is 5. The summed E-state index contributed by atoms with van der Waals surface area (Å²) in [6.45, 7) is 14.6. The van der Waals surface area contributed by atoms with Gasteiger partial charge in [-0.05, 0) is 148 Å². The second-order valence-electron chi connectivity index (χ2n) is 20.0. The molecule has 2 saturated carbocycles. The van der Waals surface area contributed by atoms with E-state index >= 15 is 4.79 Å². The number of aliphatic hydroxyl groups excluding tert-OH is 1. The molecule has 3 N–H and O–H groups in total. The second kappa shape index (κ2) is 18.2. The van der Waals surface area contributed by atoms with Gasteiger partial charge in [-0.15, -0.1) is 0 Å². The lowest BCUT2D eigenvalue weighted by molar-refractivity contribution is -0.166. The average Bonchev–Trinajstić information content (AvgIpc) is 3.20. The zero-order valence-electron chi connectivity index (χ0n) is 38.0. The third-order valence-electron chi connectivity index (χ3n) is 14.9. The molecule has 340 valence electrons. The van der Waals surface area contributed by atoms with Crippen molar-refractivity contribution in [2.75, 3.05) is 51.8 Å². The molecule has 0 unspecified atom stereocenters. The normalized spacial score (nSPS) is 27.6. The summed E-state index contributed by atoms with van der Waals surface area (Å²) in [7, 11) is 1.61. The fourth-order valence-electron chi connectivity index (χ4n) is 11.9. The van der Waals surface area contributed by atoms with Crippen molar-refractivity contribution < 1.29 is 48.4 Å². The van der Waals surface area contributed by atoms with Crippen LogP contribution in [0.1, 0.15) is 122 Å². The highest BCUT2D eigenvalue weighted by Gasteiger charge is 2.61. The fourth-order valence-corrected chi connectivity index (χ4v) is 11.9. The molecule has 4 aliphatic carbocycles. The topological polar surface area (TPSA) is 175 Å². The lowest BCUT2D eigenvalue weighted by Gasteiger charge is -2.60. The zero-order chi connectivity index (χ0) is 45.3. The maximum absolute atomic E-state index is 15.3. The van der Waals surface area contributed by atoms with E-state index < -0.39 is 40.2 Å². The van der Waals surface area contributed by atoms with Crippen LogP contribution in [0.4, 0.5) is 20.1 Å². The quantitative estimate of drug-likeness (QED) is 0.133. The molecular formula is C48H68N4O10. The SMILES string of the molecule is CN(CCN(CCOCCO)C(=O)Oc1ccc2c(c1)[C@@]1(C)CCC[C@](C)(N(C=O)C(=O)[C@@]3(C)CCC[C@]4(C)c5cc(NC(=O)O)ccc5CC[C@@H]34)[C@@H]1CC2)C(=O)OC(C)(C)C. The Balaban J connectivity index is 1.24. The summed E-state index contributed by atoms with van der Waals surface area (Å²) in [5.74, 6) is 0.136. The van der Waals surface area contributed by atoms with E-state index in [1.54, 1.807) is 44.9 Å². The Bertz CT molecular complexity index is 2020. The Morgan fingerprint density at radius 3 is 2.10 bits per heavy atom. The van der Waals surface area contributed by atoms with Crippen molar-refractivity contribution in [3.63, 3.8) is 0 Å². The van der Waals surface area contributed by atoms with Crippen LogP contribution >= 0.6 is 0 Å². The maximum Gasteiger partial charge on any atom is 0.415 e. The number of nitrogens with zero attached hydrogens (tertiary/aromatic N) is 3. The molecule has 5 amide bonds. The predicted octanol–water partition coefficient (Wildman–Crippen LogP) is 7.91. The van der Waals surface area contributed by atoms with Gasteiger partial charge in [-0.3, -0.25) is 19.8 Å². The minimum Gasteiger partial charge on any atom is -0.465 e. The number of carboxylic acid groups (broad SMARTS) is 1. The lowest BCUT2D eigenvalue weighted by Crippen LogP contribution is -2.66. The fraction of sp³-hybridized carbons (Fsp3) is 0.646. The van der Waals surface area contributed by atoms with Crippen molar-refractivity contribution in [1.82, 2.24) is 14.7 Å². The number of aryl methyl sites for hydroxylation is 2. The van der Waals surface area contributed by atoms with Crippen LogP contribution in [-0.2, 0) is 42.7 Å². The summed E-state index contributed by atoms with van der Waals surface area (Å²) in [6, 6.07) is 11.5. The first kappa shape index (κ1) is 46.8. The molecule has 2 fully saturated rings. The first-order valence-corrected chi connectivity index (χ1v) is 22.4. The third-order valence-corrected chi connectivity index (χ3v) is 14.9. The molecule has 6 rings (SSSR count). The average molecular weight is 861 g/mol. The Kier molecular flexibility index (Phi) is 13.7. The molecular weight excluding hydrogens is 793 g/mol. The molecule has 0 spiro atoms. The summed E-state index contributed by atoms with van der Waals surface area (Å²) < 4.78 is 17.0. The van der Waals surface area contributed by atoms with Gasteiger partial charge in [-0.2, -0.15) is 0 Å². The number of ether oxygens (including phenoxy) is 3. The molecule has 14 nitrogen and oxygen atoms in total. The smallest absolute Gasteiger partial charge is 0.415 e. The first-order chi connectivity index (χ1) is 29.2.